The number of carbonyl (C=O) groups is 2. The van der Waals surface area contributed by atoms with Gasteiger partial charge < -0.3 is 14.4 Å². The van der Waals surface area contributed by atoms with E-state index in [-0.39, 0.29) is 12.1 Å². The number of hydrogen-bond donors (Lipinski definition) is 0. The molecule has 1 heterocycles. The van der Waals surface area contributed by atoms with Crippen LogP contribution in [-0.4, -0.2) is 41.3 Å². The minimum absolute atomic E-state index is 0.0960. The lowest BCUT2D eigenvalue weighted by atomic mass is 9.71. The van der Waals surface area contributed by atoms with E-state index in [1.807, 2.05) is 41.5 Å². The summed E-state index contributed by atoms with van der Waals surface area (Å²) in [4.78, 5) is 27.1. The SMILES string of the molecule is CCC(C)(C)C(=O)OC1(C2CCCCC2)CCN(C(=O)OC(C)(C)C)CC1. The van der Waals surface area contributed by atoms with Gasteiger partial charge in [0.2, 0.25) is 0 Å². The zero-order valence-corrected chi connectivity index (χ0v) is 18.2. The van der Waals surface area contributed by atoms with Gasteiger partial charge in [-0.3, -0.25) is 4.79 Å². The first-order chi connectivity index (χ1) is 12.5. The Labute approximate surface area is 165 Å². The van der Waals surface area contributed by atoms with Gasteiger partial charge in [-0.2, -0.15) is 0 Å². The Hall–Kier alpha value is -1.26. The highest BCUT2D eigenvalue weighted by Crippen LogP contribution is 2.43. The van der Waals surface area contributed by atoms with Crippen molar-refractivity contribution in [2.45, 2.75) is 104 Å². The molecular formula is C22H39NO4. The number of piperidine rings is 1. The zero-order valence-electron chi connectivity index (χ0n) is 18.2. The van der Waals surface area contributed by atoms with E-state index in [1.54, 1.807) is 4.90 Å². The van der Waals surface area contributed by atoms with Crippen molar-refractivity contribution < 1.29 is 19.1 Å². The fraction of sp³-hybridized carbons (Fsp3) is 0.909. The summed E-state index contributed by atoms with van der Waals surface area (Å²) in [7, 11) is 0. The van der Waals surface area contributed by atoms with Crippen molar-refractivity contribution in [2.24, 2.45) is 11.3 Å². The highest BCUT2D eigenvalue weighted by atomic mass is 16.6. The lowest BCUT2D eigenvalue weighted by molar-refractivity contribution is -0.185. The lowest BCUT2D eigenvalue weighted by Gasteiger charge is -2.48. The molecule has 1 aliphatic carbocycles. The first kappa shape index (κ1) is 22.0. The van der Waals surface area contributed by atoms with Gasteiger partial charge in [-0.1, -0.05) is 26.2 Å². The number of likely N-dealkylation sites (tertiary alicyclic amines) is 1. The van der Waals surface area contributed by atoms with E-state index in [1.165, 1.54) is 19.3 Å². The summed E-state index contributed by atoms with van der Waals surface area (Å²) in [6, 6.07) is 0. The number of amides is 1. The van der Waals surface area contributed by atoms with E-state index in [4.69, 9.17) is 9.47 Å². The van der Waals surface area contributed by atoms with Gasteiger partial charge in [0, 0.05) is 25.9 Å². The van der Waals surface area contributed by atoms with Crippen molar-refractivity contribution in [1.82, 2.24) is 4.90 Å². The van der Waals surface area contributed by atoms with Crippen LogP contribution in [0.1, 0.15) is 92.9 Å². The molecule has 5 heteroatoms. The van der Waals surface area contributed by atoms with Gasteiger partial charge in [0.1, 0.15) is 11.2 Å². The molecule has 0 spiro atoms. The van der Waals surface area contributed by atoms with E-state index in [9.17, 15) is 9.59 Å². The predicted molar refractivity (Wildman–Crippen MR) is 107 cm³/mol. The van der Waals surface area contributed by atoms with Crippen LogP contribution >= 0.6 is 0 Å². The Balaban J connectivity index is 2.11. The average Bonchev–Trinajstić information content (AvgIpc) is 2.61. The first-order valence-electron chi connectivity index (χ1n) is 10.7. The molecule has 1 amide bonds. The molecule has 0 aromatic rings. The van der Waals surface area contributed by atoms with Crippen LogP contribution in [-0.2, 0) is 14.3 Å². The lowest BCUT2D eigenvalue weighted by Crippen LogP contribution is -2.54. The van der Waals surface area contributed by atoms with Gasteiger partial charge in [0.25, 0.3) is 0 Å². The summed E-state index contributed by atoms with van der Waals surface area (Å²) >= 11 is 0. The summed E-state index contributed by atoms with van der Waals surface area (Å²) in [5.41, 5.74) is -1.39. The minimum atomic E-state index is -0.493. The van der Waals surface area contributed by atoms with Crippen molar-refractivity contribution in [1.29, 1.82) is 0 Å². The quantitative estimate of drug-likeness (QED) is 0.619. The molecule has 0 unspecified atom stereocenters. The maximum absolute atomic E-state index is 12.9. The van der Waals surface area contributed by atoms with E-state index < -0.39 is 16.6 Å². The Kier molecular flexibility index (Phi) is 6.86. The summed E-state index contributed by atoms with van der Waals surface area (Å²) in [5.74, 6) is 0.310. The Morgan fingerprint density at radius 2 is 1.56 bits per heavy atom. The van der Waals surface area contributed by atoms with Gasteiger partial charge in [0.05, 0.1) is 5.41 Å². The molecule has 0 bridgehead atoms. The molecule has 0 radical (unpaired) electrons. The molecule has 0 atom stereocenters. The van der Waals surface area contributed by atoms with Crippen LogP contribution in [0, 0.1) is 11.3 Å². The molecule has 2 rings (SSSR count). The van der Waals surface area contributed by atoms with Gasteiger partial charge >= 0.3 is 12.1 Å². The second-order valence-corrected chi connectivity index (χ2v) is 9.99. The number of ether oxygens (including phenoxy) is 2. The summed E-state index contributed by atoms with van der Waals surface area (Å²) in [6.07, 6.45) is 7.83. The van der Waals surface area contributed by atoms with E-state index >= 15 is 0 Å². The van der Waals surface area contributed by atoms with Crippen LogP contribution < -0.4 is 0 Å². The summed E-state index contributed by atoms with van der Waals surface area (Å²) in [5, 5.41) is 0. The van der Waals surface area contributed by atoms with Gasteiger partial charge in [0.15, 0.2) is 0 Å². The number of hydrogen-bond acceptors (Lipinski definition) is 4. The second kappa shape index (κ2) is 8.40. The molecule has 27 heavy (non-hydrogen) atoms. The third kappa shape index (κ3) is 5.61. The maximum atomic E-state index is 12.9. The van der Waals surface area contributed by atoms with Gasteiger partial charge in [-0.15, -0.1) is 0 Å². The van der Waals surface area contributed by atoms with E-state index in [2.05, 4.69) is 0 Å². The molecular weight excluding hydrogens is 342 g/mol. The highest BCUT2D eigenvalue weighted by molar-refractivity contribution is 5.76. The van der Waals surface area contributed by atoms with Crippen molar-refractivity contribution in [2.75, 3.05) is 13.1 Å². The van der Waals surface area contributed by atoms with Crippen LogP contribution in [0.5, 0.6) is 0 Å². The normalized spacial score (nSPS) is 21.6. The van der Waals surface area contributed by atoms with Gasteiger partial charge in [-0.05, 0) is 59.8 Å². The minimum Gasteiger partial charge on any atom is -0.458 e. The highest BCUT2D eigenvalue weighted by Gasteiger charge is 2.47. The number of esters is 1. The molecule has 0 aromatic carbocycles. The van der Waals surface area contributed by atoms with E-state index in [0.717, 1.165) is 19.3 Å². The monoisotopic (exact) mass is 381 g/mol. The van der Waals surface area contributed by atoms with Crippen molar-refractivity contribution in [3.8, 4) is 0 Å². The summed E-state index contributed by atoms with van der Waals surface area (Å²) in [6.45, 7) is 12.8. The molecule has 5 nitrogen and oxygen atoms in total. The van der Waals surface area contributed by atoms with Crippen LogP contribution in [0.4, 0.5) is 4.79 Å². The molecule has 2 fully saturated rings. The van der Waals surface area contributed by atoms with Crippen LogP contribution in [0.15, 0.2) is 0 Å². The fourth-order valence-corrected chi connectivity index (χ4v) is 4.08. The second-order valence-electron chi connectivity index (χ2n) is 9.99. The van der Waals surface area contributed by atoms with Crippen molar-refractivity contribution >= 4 is 12.1 Å². The van der Waals surface area contributed by atoms with Gasteiger partial charge in [-0.25, -0.2) is 4.79 Å². The average molecular weight is 382 g/mol. The number of nitrogens with zero attached hydrogens (tertiary/aromatic N) is 1. The third-order valence-corrected chi connectivity index (χ3v) is 6.34. The Morgan fingerprint density at radius 1 is 1.00 bits per heavy atom. The fourth-order valence-electron chi connectivity index (χ4n) is 4.08. The molecule has 2 aliphatic rings. The zero-order chi connectivity index (χ0) is 20.3. The standard InChI is InChI=1S/C22H39NO4/c1-7-21(5,6)18(24)26-22(17-11-9-8-10-12-17)13-15-23(16-14-22)19(25)27-20(2,3)4/h17H,7-16H2,1-6H3. The van der Waals surface area contributed by atoms with Crippen LogP contribution in [0.25, 0.3) is 0 Å². The number of rotatable bonds is 4. The molecule has 0 N–H and O–H groups in total. The van der Waals surface area contributed by atoms with Crippen molar-refractivity contribution in [3.63, 3.8) is 0 Å². The molecule has 1 aliphatic heterocycles. The Morgan fingerprint density at radius 3 is 2.04 bits per heavy atom. The third-order valence-electron chi connectivity index (χ3n) is 6.34. The topological polar surface area (TPSA) is 55.8 Å². The maximum Gasteiger partial charge on any atom is 0.410 e. The molecule has 156 valence electrons. The molecule has 1 saturated carbocycles. The first-order valence-corrected chi connectivity index (χ1v) is 10.7. The molecule has 1 saturated heterocycles. The summed E-state index contributed by atoms with van der Waals surface area (Å²) < 4.78 is 11.8. The smallest absolute Gasteiger partial charge is 0.410 e. The van der Waals surface area contributed by atoms with Crippen molar-refractivity contribution in [3.05, 3.63) is 0 Å². The Bertz CT molecular complexity index is 521. The predicted octanol–water partition coefficient (Wildman–Crippen LogP) is 5.32. The van der Waals surface area contributed by atoms with E-state index in [0.29, 0.717) is 31.8 Å². The van der Waals surface area contributed by atoms with Crippen LogP contribution in [0.2, 0.25) is 0 Å². The molecule has 0 aromatic heterocycles. The number of carbonyl (C=O) groups excluding carboxylic acids is 2. The van der Waals surface area contributed by atoms with Crippen LogP contribution in [0.3, 0.4) is 0 Å². The largest absolute Gasteiger partial charge is 0.458 e.